The van der Waals surface area contributed by atoms with Gasteiger partial charge in [-0.15, -0.1) is 0 Å². The number of methoxy groups -OCH3 is 2. The van der Waals surface area contributed by atoms with Gasteiger partial charge < -0.3 is 24.4 Å². The normalized spacial score (nSPS) is 19.7. The molecule has 1 N–H and O–H groups in total. The molecule has 0 radical (unpaired) electrons. The van der Waals surface area contributed by atoms with Crippen LogP contribution in [0.5, 0.6) is 11.5 Å². The van der Waals surface area contributed by atoms with E-state index in [9.17, 15) is 9.18 Å². The number of amides is 1. The monoisotopic (exact) mass is 465 g/mol. The minimum atomic E-state index is -0.433. The summed E-state index contributed by atoms with van der Waals surface area (Å²) in [6.45, 7) is 3.07. The molecular weight excluding hydrogens is 437 g/mol. The third kappa shape index (κ3) is 4.25. The van der Waals surface area contributed by atoms with E-state index < -0.39 is 5.82 Å². The molecule has 7 nitrogen and oxygen atoms in total. The van der Waals surface area contributed by atoms with Gasteiger partial charge in [0.05, 0.1) is 30.8 Å². The molecule has 2 atom stereocenters. The first-order valence-corrected chi connectivity index (χ1v) is 11.5. The highest BCUT2D eigenvalue weighted by molar-refractivity contribution is 5.96. The SMILES string of the molecule is COCCOc1ccc(-c2cc(N3CC4CCNC(=O)C4C3)c3cc(F)c(OC)cc3n2)cc1. The number of pyridine rings is 1. The van der Waals surface area contributed by atoms with E-state index in [4.69, 9.17) is 19.2 Å². The molecule has 2 aliphatic rings. The smallest absolute Gasteiger partial charge is 0.225 e. The van der Waals surface area contributed by atoms with Gasteiger partial charge in [0.2, 0.25) is 5.91 Å². The van der Waals surface area contributed by atoms with Gasteiger partial charge in [-0.3, -0.25) is 4.79 Å². The lowest BCUT2D eigenvalue weighted by atomic mass is 9.89. The first-order valence-electron chi connectivity index (χ1n) is 11.5. The lowest BCUT2D eigenvalue weighted by Gasteiger charge is -2.23. The standard InChI is InChI=1S/C26H28FN3O4/c1-32-9-10-34-18-5-3-16(4-6-18)22-12-24(19-11-21(27)25(33-2)13-23(19)29-22)30-14-17-7-8-28-26(31)20(17)15-30/h3-6,11-13,17,20H,7-10,14-15H2,1-2H3,(H,28,31). The van der Waals surface area contributed by atoms with Gasteiger partial charge in [-0.05, 0) is 48.7 Å². The number of aromatic nitrogens is 1. The van der Waals surface area contributed by atoms with Crippen molar-refractivity contribution in [1.29, 1.82) is 0 Å². The van der Waals surface area contributed by atoms with Gasteiger partial charge in [-0.25, -0.2) is 9.37 Å². The Bertz CT molecular complexity index is 1200. The molecule has 2 saturated heterocycles. The highest BCUT2D eigenvalue weighted by atomic mass is 19.1. The summed E-state index contributed by atoms with van der Waals surface area (Å²) >= 11 is 0. The summed E-state index contributed by atoms with van der Waals surface area (Å²) in [4.78, 5) is 19.4. The molecule has 0 spiro atoms. The van der Waals surface area contributed by atoms with Gasteiger partial charge in [-0.2, -0.15) is 0 Å². The summed E-state index contributed by atoms with van der Waals surface area (Å²) in [5.41, 5.74) is 3.20. The van der Waals surface area contributed by atoms with Crippen LogP contribution in [-0.2, 0) is 9.53 Å². The molecule has 5 rings (SSSR count). The number of hydrogen-bond donors (Lipinski definition) is 1. The van der Waals surface area contributed by atoms with Crippen molar-refractivity contribution < 1.29 is 23.4 Å². The third-order valence-corrected chi connectivity index (χ3v) is 6.70. The van der Waals surface area contributed by atoms with Crippen LogP contribution < -0.4 is 19.7 Å². The number of halogens is 1. The fraction of sp³-hybridized carbons (Fsp3) is 0.385. The molecule has 0 saturated carbocycles. The summed E-state index contributed by atoms with van der Waals surface area (Å²) in [5, 5.41) is 3.68. The molecule has 2 aromatic carbocycles. The topological polar surface area (TPSA) is 72.9 Å². The number of anilines is 1. The van der Waals surface area contributed by atoms with Crippen molar-refractivity contribution in [2.45, 2.75) is 6.42 Å². The van der Waals surface area contributed by atoms with Gasteiger partial charge in [0.15, 0.2) is 11.6 Å². The Morgan fingerprint density at radius 1 is 1.12 bits per heavy atom. The maximum absolute atomic E-state index is 14.7. The molecule has 34 heavy (non-hydrogen) atoms. The fourth-order valence-electron chi connectivity index (χ4n) is 4.91. The van der Waals surface area contributed by atoms with E-state index in [-0.39, 0.29) is 17.6 Å². The molecule has 8 heteroatoms. The maximum Gasteiger partial charge on any atom is 0.225 e. The summed E-state index contributed by atoms with van der Waals surface area (Å²) in [6, 6.07) is 12.8. The van der Waals surface area contributed by atoms with Crippen LogP contribution in [0.4, 0.5) is 10.1 Å². The van der Waals surface area contributed by atoms with Gasteiger partial charge in [0.25, 0.3) is 0 Å². The quantitative estimate of drug-likeness (QED) is 0.537. The highest BCUT2D eigenvalue weighted by Gasteiger charge is 2.40. The predicted octanol–water partition coefficient (Wildman–Crippen LogP) is 3.65. The van der Waals surface area contributed by atoms with Crippen molar-refractivity contribution in [3.8, 4) is 22.8 Å². The number of nitrogens with zero attached hydrogens (tertiary/aromatic N) is 2. The first kappa shape index (κ1) is 22.4. The van der Waals surface area contributed by atoms with Crippen LogP contribution in [0.2, 0.25) is 0 Å². The summed E-state index contributed by atoms with van der Waals surface area (Å²) in [5.74, 6) is 0.825. The van der Waals surface area contributed by atoms with Crippen LogP contribution >= 0.6 is 0 Å². The second-order valence-corrected chi connectivity index (χ2v) is 8.75. The number of rotatable bonds is 7. The highest BCUT2D eigenvalue weighted by Crippen LogP contribution is 2.39. The van der Waals surface area contributed by atoms with Crippen LogP contribution in [0.25, 0.3) is 22.2 Å². The zero-order chi connectivity index (χ0) is 23.7. The molecule has 1 aromatic heterocycles. The van der Waals surface area contributed by atoms with Crippen LogP contribution in [0.1, 0.15) is 6.42 Å². The first-order chi connectivity index (χ1) is 16.6. The van der Waals surface area contributed by atoms with Gasteiger partial charge in [0, 0.05) is 49.4 Å². The zero-order valence-electron chi connectivity index (χ0n) is 19.3. The Morgan fingerprint density at radius 3 is 2.68 bits per heavy atom. The van der Waals surface area contributed by atoms with Crippen molar-refractivity contribution in [1.82, 2.24) is 10.3 Å². The number of hydrogen-bond acceptors (Lipinski definition) is 6. The minimum Gasteiger partial charge on any atom is -0.494 e. The van der Waals surface area contributed by atoms with Crippen molar-refractivity contribution in [3.05, 3.63) is 48.3 Å². The van der Waals surface area contributed by atoms with Crippen LogP contribution in [0.15, 0.2) is 42.5 Å². The van der Waals surface area contributed by atoms with E-state index in [2.05, 4.69) is 10.2 Å². The lowest BCUT2D eigenvalue weighted by molar-refractivity contribution is -0.127. The molecule has 1 amide bonds. The number of ether oxygens (including phenoxy) is 3. The number of benzene rings is 2. The van der Waals surface area contributed by atoms with E-state index in [1.807, 2.05) is 30.3 Å². The Morgan fingerprint density at radius 2 is 1.94 bits per heavy atom. The van der Waals surface area contributed by atoms with Gasteiger partial charge in [-0.1, -0.05) is 0 Å². The third-order valence-electron chi connectivity index (χ3n) is 6.70. The molecule has 3 aromatic rings. The van der Waals surface area contributed by atoms with E-state index >= 15 is 0 Å². The predicted molar refractivity (Wildman–Crippen MR) is 128 cm³/mol. The van der Waals surface area contributed by atoms with Crippen molar-refractivity contribution in [3.63, 3.8) is 0 Å². The summed E-state index contributed by atoms with van der Waals surface area (Å²) in [6.07, 6.45) is 0.954. The average molecular weight is 466 g/mol. The lowest BCUT2D eigenvalue weighted by Crippen LogP contribution is -2.41. The number of nitrogens with one attached hydrogen (secondary N) is 1. The largest absolute Gasteiger partial charge is 0.494 e. The number of carbonyl (C=O) groups is 1. The Balaban J connectivity index is 1.54. The van der Waals surface area contributed by atoms with Crippen molar-refractivity contribution in [2.24, 2.45) is 11.8 Å². The summed E-state index contributed by atoms with van der Waals surface area (Å²) in [7, 11) is 3.08. The van der Waals surface area contributed by atoms with Gasteiger partial charge in [0.1, 0.15) is 12.4 Å². The van der Waals surface area contributed by atoms with E-state index in [1.54, 1.807) is 13.2 Å². The van der Waals surface area contributed by atoms with Gasteiger partial charge >= 0.3 is 0 Å². The number of carbonyl (C=O) groups excluding carboxylic acids is 1. The molecule has 0 aliphatic carbocycles. The van der Waals surface area contributed by atoms with E-state index in [0.29, 0.717) is 43.1 Å². The van der Waals surface area contributed by atoms with Crippen molar-refractivity contribution in [2.75, 3.05) is 52.0 Å². The second-order valence-electron chi connectivity index (χ2n) is 8.75. The van der Waals surface area contributed by atoms with Crippen molar-refractivity contribution >= 4 is 22.5 Å². The molecular formula is C26H28FN3O4. The molecule has 2 fully saturated rings. The molecule has 2 aliphatic heterocycles. The minimum absolute atomic E-state index is 0.0490. The summed E-state index contributed by atoms with van der Waals surface area (Å²) < 4.78 is 30.6. The average Bonchev–Trinajstić information content (AvgIpc) is 3.29. The van der Waals surface area contributed by atoms with E-state index in [1.165, 1.54) is 13.2 Å². The molecule has 2 unspecified atom stereocenters. The number of fused-ring (bicyclic) bond motifs is 2. The van der Waals surface area contributed by atoms with Crippen LogP contribution in [0.3, 0.4) is 0 Å². The molecule has 178 valence electrons. The van der Waals surface area contributed by atoms with E-state index in [0.717, 1.165) is 35.7 Å². The molecule has 0 bridgehead atoms. The molecule has 3 heterocycles. The van der Waals surface area contributed by atoms with Crippen LogP contribution in [-0.4, -0.2) is 58.0 Å². The number of piperidine rings is 1. The Kier molecular flexibility index (Phi) is 6.24. The Hall–Kier alpha value is -3.39. The van der Waals surface area contributed by atoms with Crippen LogP contribution in [0, 0.1) is 17.7 Å². The Labute approximate surface area is 197 Å². The second kappa shape index (κ2) is 9.46. The fourth-order valence-corrected chi connectivity index (χ4v) is 4.91. The zero-order valence-corrected chi connectivity index (χ0v) is 19.3. The maximum atomic E-state index is 14.7.